The first kappa shape index (κ1) is 14.4. The number of rotatable bonds is 4. The van der Waals surface area contributed by atoms with Crippen molar-refractivity contribution in [1.82, 2.24) is 0 Å². The molecule has 3 rings (SSSR count). The van der Waals surface area contributed by atoms with Crippen LogP contribution in [0, 0.1) is 17.6 Å². The zero-order valence-electron chi connectivity index (χ0n) is 11.7. The summed E-state index contributed by atoms with van der Waals surface area (Å²) in [6.07, 6.45) is 3.31. The monoisotopic (exact) mass is 300 g/mol. The third-order valence-corrected chi connectivity index (χ3v) is 4.17. The van der Waals surface area contributed by atoms with Crippen molar-refractivity contribution < 1.29 is 18.7 Å². The molecule has 4 heteroatoms. The Morgan fingerprint density at radius 3 is 2.09 bits per heavy atom. The number of allylic oxidation sites excluding steroid dienone is 1. The number of carbonyl (C=O) groups is 1. The highest BCUT2D eigenvalue weighted by Crippen LogP contribution is 2.59. The fourth-order valence-electron chi connectivity index (χ4n) is 3.08. The van der Waals surface area contributed by atoms with E-state index in [1.807, 2.05) is 0 Å². The molecule has 2 aromatic carbocycles. The van der Waals surface area contributed by atoms with Crippen molar-refractivity contribution in [1.29, 1.82) is 0 Å². The molecule has 0 spiro atoms. The van der Waals surface area contributed by atoms with Gasteiger partial charge in [0.1, 0.15) is 11.6 Å². The molecule has 1 aliphatic carbocycles. The van der Waals surface area contributed by atoms with E-state index in [4.69, 9.17) is 5.11 Å². The number of hydrogen-bond acceptors (Lipinski definition) is 1. The number of halogens is 2. The smallest absolute Gasteiger partial charge is 0.327 e. The summed E-state index contributed by atoms with van der Waals surface area (Å²) >= 11 is 0. The van der Waals surface area contributed by atoms with Crippen molar-refractivity contribution >= 4 is 5.97 Å². The quantitative estimate of drug-likeness (QED) is 0.869. The maximum atomic E-state index is 13.6. The van der Waals surface area contributed by atoms with Gasteiger partial charge in [0.2, 0.25) is 0 Å². The minimum atomic E-state index is -1.03. The van der Waals surface area contributed by atoms with Crippen molar-refractivity contribution in [2.75, 3.05) is 0 Å². The molecule has 0 amide bonds. The molecule has 1 saturated carbocycles. The van der Waals surface area contributed by atoms with Crippen molar-refractivity contribution in [3.05, 3.63) is 83.4 Å². The SMILES string of the molecule is O=C(O)/C=C/C1CC1(c1cccc(F)c1)c1cccc(F)c1. The first-order valence-corrected chi connectivity index (χ1v) is 6.95. The van der Waals surface area contributed by atoms with Crippen LogP contribution < -0.4 is 0 Å². The van der Waals surface area contributed by atoms with Gasteiger partial charge in [-0.15, -0.1) is 0 Å². The first-order chi connectivity index (χ1) is 10.5. The van der Waals surface area contributed by atoms with Crippen molar-refractivity contribution in [3.63, 3.8) is 0 Å². The molecule has 1 aliphatic rings. The Morgan fingerprint density at radius 1 is 1.09 bits per heavy atom. The Labute approximate surface area is 126 Å². The van der Waals surface area contributed by atoms with Crippen molar-refractivity contribution in [2.45, 2.75) is 11.8 Å². The lowest BCUT2D eigenvalue weighted by Gasteiger charge is -2.18. The summed E-state index contributed by atoms with van der Waals surface area (Å²) in [4.78, 5) is 10.7. The van der Waals surface area contributed by atoms with Crippen LogP contribution in [0.15, 0.2) is 60.7 Å². The molecule has 0 saturated heterocycles. The summed E-state index contributed by atoms with van der Waals surface area (Å²) in [5.41, 5.74) is 0.909. The predicted octanol–water partition coefficient (Wildman–Crippen LogP) is 3.91. The van der Waals surface area contributed by atoms with E-state index in [1.165, 1.54) is 24.3 Å². The topological polar surface area (TPSA) is 37.3 Å². The Kier molecular flexibility index (Phi) is 3.53. The molecule has 2 nitrogen and oxygen atoms in total. The van der Waals surface area contributed by atoms with Gasteiger partial charge in [-0.2, -0.15) is 0 Å². The van der Waals surface area contributed by atoms with Gasteiger partial charge in [-0.25, -0.2) is 13.6 Å². The van der Waals surface area contributed by atoms with Gasteiger partial charge in [-0.3, -0.25) is 0 Å². The normalized spacial score (nSPS) is 19.3. The molecule has 0 radical (unpaired) electrons. The fourth-order valence-corrected chi connectivity index (χ4v) is 3.08. The maximum Gasteiger partial charge on any atom is 0.327 e. The second-order valence-corrected chi connectivity index (χ2v) is 5.50. The summed E-state index contributed by atoms with van der Waals surface area (Å²) < 4.78 is 27.2. The average molecular weight is 300 g/mol. The summed E-state index contributed by atoms with van der Waals surface area (Å²) in [6, 6.07) is 12.4. The molecule has 0 aliphatic heterocycles. The van der Waals surface area contributed by atoms with Crippen LogP contribution in [0.2, 0.25) is 0 Å². The summed E-state index contributed by atoms with van der Waals surface area (Å²) in [5, 5.41) is 8.78. The van der Waals surface area contributed by atoms with Gasteiger partial charge in [0, 0.05) is 11.5 Å². The molecule has 1 fully saturated rings. The average Bonchev–Trinajstić information content (AvgIpc) is 3.21. The Balaban J connectivity index is 2.07. The summed E-state index contributed by atoms with van der Waals surface area (Å²) in [7, 11) is 0. The van der Waals surface area contributed by atoms with Crippen LogP contribution in [0.3, 0.4) is 0 Å². The van der Waals surface area contributed by atoms with Crippen LogP contribution >= 0.6 is 0 Å². The molecule has 1 N–H and O–H groups in total. The maximum absolute atomic E-state index is 13.6. The molecule has 0 heterocycles. The molecule has 2 aromatic rings. The zero-order chi connectivity index (χ0) is 15.7. The number of aliphatic carboxylic acids is 1. The van der Waals surface area contributed by atoms with E-state index in [-0.39, 0.29) is 17.6 Å². The molecule has 22 heavy (non-hydrogen) atoms. The second-order valence-electron chi connectivity index (χ2n) is 5.50. The number of benzene rings is 2. The van der Waals surface area contributed by atoms with Crippen LogP contribution in [-0.2, 0) is 10.2 Å². The van der Waals surface area contributed by atoms with Gasteiger partial charge >= 0.3 is 5.97 Å². The van der Waals surface area contributed by atoms with E-state index in [0.29, 0.717) is 6.42 Å². The van der Waals surface area contributed by atoms with E-state index in [2.05, 4.69) is 0 Å². The van der Waals surface area contributed by atoms with Gasteiger partial charge in [-0.1, -0.05) is 30.3 Å². The van der Waals surface area contributed by atoms with E-state index >= 15 is 0 Å². The third-order valence-electron chi connectivity index (χ3n) is 4.17. The highest BCUT2D eigenvalue weighted by Gasteiger charge is 2.55. The largest absolute Gasteiger partial charge is 0.478 e. The van der Waals surface area contributed by atoms with Gasteiger partial charge in [-0.05, 0) is 47.7 Å². The lowest BCUT2D eigenvalue weighted by atomic mass is 9.85. The van der Waals surface area contributed by atoms with Crippen molar-refractivity contribution in [2.24, 2.45) is 5.92 Å². The van der Waals surface area contributed by atoms with Crippen LogP contribution in [-0.4, -0.2) is 11.1 Å². The van der Waals surface area contributed by atoms with E-state index < -0.39 is 11.4 Å². The summed E-state index contributed by atoms with van der Waals surface area (Å²) in [5.74, 6) is -1.84. The van der Waals surface area contributed by atoms with Crippen LogP contribution in [0.25, 0.3) is 0 Å². The number of carboxylic acid groups (broad SMARTS) is 1. The highest BCUT2D eigenvalue weighted by molar-refractivity contribution is 5.80. The van der Waals surface area contributed by atoms with Gasteiger partial charge < -0.3 is 5.11 Å². The van der Waals surface area contributed by atoms with E-state index in [9.17, 15) is 13.6 Å². The van der Waals surface area contributed by atoms with Crippen molar-refractivity contribution in [3.8, 4) is 0 Å². The van der Waals surface area contributed by atoms with Gasteiger partial charge in [0.15, 0.2) is 0 Å². The zero-order valence-corrected chi connectivity index (χ0v) is 11.7. The Hall–Kier alpha value is -2.49. The Bertz CT molecular complexity index is 707. The van der Waals surface area contributed by atoms with E-state index in [1.54, 1.807) is 30.3 Å². The predicted molar refractivity (Wildman–Crippen MR) is 78.5 cm³/mol. The minimum Gasteiger partial charge on any atom is -0.478 e. The molecular weight excluding hydrogens is 286 g/mol. The minimum absolute atomic E-state index is 0.0906. The standard InChI is InChI=1S/C18H14F2O2/c19-15-5-1-3-12(9-15)18(11-14(18)7-8-17(21)22)13-4-2-6-16(20)10-13/h1-10,14H,11H2,(H,21,22)/b8-7+. The van der Waals surface area contributed by atoms with Crippen LogP contribution in [0.1, 0.15) is 17.5 Å². The lowest BCUT2D eigenvalue weighted by Crippen LogP contribution is -2.12. The Morgan fingerprint density at radius 2 is 1.64 bits per heavy atom. The van der Waals surface area contributed by atoms with E-state index in [0.717, 1.165) is 17.2 Å². The second kappa shape index (κ2) is 5.37. The fraction of sp³-hybridized carbons (Fsp3) is 0.167. The molecule has 0 aromatic heterocycles. The molecule has 0 bridgehead atoms. The molecule has 112 valence electrons. The molecular formula is C18H14F2O2. The van der Waals surface area contributed by atoms with Crippen LogP contribution in [0.4, 0.5) is 8.78 Å². The first-order valence-electron chi connectivity index (χ1n) is 6.95. The number of carboxylic acids is 1. The highest BCUT2D eigenvalue weighted by atomic mass is 19.1. The number of hydrogen-bond donors (Lipinski definition) is 1. The van der Waals surface area contributed by atoms with Crippen LogP contribution in [0.5, 0.6) is 0 Å². The lowest BCUT2D eigenvalue weighted by molar-refractivity contribution is -0.131. The van der Waals surface area contributed by atoms with Gasteiger partial charge in [0.25, 0.3) is 0 Å². The van der Waals surface area contributed by atoms with Gasteiger partial charge in [0.05, 0.1) is 0 Å². The molecule has 1 unspecified atom stereocenters. The molecule has 1 atom stereocenters. The third kappa shape index (κ3) is 2.52. The summed E-state index contributed by atoms with van der Waals surface area (Å²) in [6.45, 7) is 0.